The summed E-state index contributed by atoms with van der Waals surface area (Å²) in [5, 5.41) is 0. The number of carbonyl (C=O) groups is 2. The minimum atomic E-state index is -4.25. The molecule has 0 saturated carbocycles. The van der Waals surface area contributed by atoms with Gasteiger partial charge in [0.05, 0.1) is 133 Å². The van der Waals surface area contributed by atoms with Crippen LogP contribution in [0.1, 0.15) is 77.1 Å². The van der Waals surface area contributed by atoms with Gasteiger partial charge >= 0.3 is 11.9 Å². The van der Waals surface area contributed by atoms with Gasteiger partial charge in [-0.05, 0) is 108 Å². The highest BCUT2D eigenvalue weighted by Crippen LogP contribution is 2.44. The number of likely N-dealkylation sites (N-methyl/N-ethyl adjacent to an activating group) is 2. The standard InChI is InChI=1S/C53H72N2O12.2C6H6O3S/c1-54(22-18-39-33-50(64-9)53(65-10)41(42(39)35-54)28-36-14-16-44(58-3)46(30-36)60-5)23-20-51(56)66-26-12-11-13-27-67-52(57)21-25-55(2)24-19-38-32-48(62-7)49(63-8)34-40(38)43(55)29-37-15-17-45(59-4)47(31-37)61-6;2*7-10(8,9)6-4-2-1-3-5-6/h14-17,30-34,43H,11-13,18-29,35H2,1-10H3;2*1-5H,(H,7,8,9)/q+2;;/p-2/t43-,54?,55?;;/m1../s1. The van der Waals surface area contributed by atoms with Crippen LogP contribution in [0.4, 0.5) is 0 Å². The highest BCUT2D eigenvalue weighted by atomic mass is 32.2. The van der Waals surface area contributed by atoms with E-state index in [0.717, 1.165) is 67.8 Å². The SMILES string of the molecule is COc1ccc(Cc2c3c(cc(OC)c2OC)CC[N+](C)(CCC(=O)OCCCCCOC(=O)CC[N+]2(C)CCc4cc(OC)c(OC)cc4[C@H]2Cc2ccc(OC)c(OC)c2)C3)cc1OC.O=S(=O)([O-])c1ccccc1.O=S(=O)([O-])c1ccccc1. The van der Waals surface area contributed by atoms with E-state index in [9.17, 15) is 35.5 Å². The van der Waals surface area contributed by atoms with Crippen molar-refractivity contribution in [3.8, 4) is 46.0 Å². The maximum atomic E-state index is 13.2. The number of fused-ring (bicyclic) bond motifs is 2. The summed E-state index contributed by atoms with van der Waals surface area (Å²) in [6, 6.07) is 32.7. The summed E-state index contributed by atoms with van der Waals surface area (Å²) in [4.78, 5) is 25.8. The number of methoxy groups -OCH3 is 8. The van der Waals surface area contributed by atoms with Crippen LogP contribution >= 0.6 is 0 Å². The first kappa shape index (κ1) is 68.5. The molecule has 22 heteroatoms. The largest absolute Gasteiger partial charge is 0.744 e. The molecular weight excluding hydrogens is 1160 g/mol. The molecule has 0 fully saturated rings. The van der Waals surface area contributed by atoms with Crippen molar-refractivity contribution < 1.29 is 91.9 Å². The van der Waals surface area contributed by atoms with Crippen molar-refractivity contribution in [1.82, 2.24) is 0 Å². The predicted octanol–water partition coefficient (Wildman–Crippen LogP) is 9.05. The first-order valence-corrected chi connectivity index (χ1v) is 31.3. The van der Waals surface area contributed by atoms with Crippen molar-refractivity contribution in [2.24, 2.45) is 0 Å². The minimum Gasteiger partial charge on any atom is -0.744 e. The molecule has 0 radical (unpaired) electrons. The van der Waals surface area contributed by atoms with Gasteiger partial charge in [0.25, 0.3) is 0 Å². The van der Waals surface area contributed by atoms with Crippen molar-refractivity contribution in [2.45, 2.75) is 80.2 Å². The van der Waals surface area contributed by atoms with Gasteiger partial charge in [-0.3, -0.25) is 9.59 Å². The molecule has 2 unspecified atom stereocenters. The molecule has 8 rings (SSSR count). The van der Waals surface area contributed by atoms with Gasteiger partial charge in [0.2, 0.25) is 0 Å². The third-order valence-corrected chi connectivity index (χ3v) is 17.6. The zero-order valence-corrected chi connectivity index (χ0v) is 53.1. The number of unbranched alkanes of at least 4 members (excludes halogenated alkanes) is 2. The molecule has 472 valence electrons. The lowest BCUT2D eigenvalue weighted by Gasteiger charge is -2.46. The van der Waals surface area contributed by atoms with Crippen LogP contribution in [0.5, 0.6) is 46.0 Å². The Labute approximate surface area is 512 Å². The van der Waals surface area contributed by atoms with Crippen molar-refractivity contribution >= 4 is 32.2 Å². The van der Waals surface area contributed by atoms with Crippen LogP contribution in [0.25, 0.3) is 0 Å². The zero-order valence-electron chi connectivity index (χ0n) is 51.4. The molecule has 0 aliphatic carbocycles. The molecule has 87 heavy (non-hydrogen) atoms. The molecule has 2 aliphatic heterocycles. The Morgan fingerprint density at radius 2 is 0.966 bits per heavy atom. The predicted molar refractivity (Wildman–Crippen MR) is 324 cm³/mol. The second-order valence-corrected chi connectivity index (χ2v) is 24.4. The molecule has 0 aromatic heterocycles. The molecule has 0 bridgehead atoms. The van der Waals surface area contributed by atoms with Gasteiger partial charge < -0.3 is 65.4 Å². The number of carbonyl (C=O) groups excluding carboxylic acids is 2. The molecule has 3 atom stereocenters. The number of hydrogen-bond donors (Lipinski definition) is 0. The van der Waals surface area contributed by atoms with Crippen LogP contribution in [0, 0.1) is 0 Å². The fourth-order valence-electron chi connectivity index (χ4n) is 10.9. The number of rotatable bonds is 26. The molecule has 6 aromatic rings. The average Bonchev–Trinajstić information content (AvgIpc) is 1.25. The molecule has 0 spiro atoms. The van der Waals surface area contributed by atoms with Crippen LogP contribution in [-0.2, 0) is 71.5 Å². The van der Waals surface area contributed by atoms with E-state index in [1.807, 2.05) is 30.3 Å². The second kappa shape index (κ2) is 31.9. The van der Waals surface area contributed by atoms with Crippen LogP contribution < -0.4 is 37.9 Å². The topological polar surface area (TPSA) is 241 Å². The normalized spacial score (nSPS) is 16.8. The fourth-order valence-corrected chi connectivity index (χ4v) is 11.9. The Balaban J connectivity index is 0.000000507. The van der Waals surface area contributed by atoms with Crippen LogP contribution in [0.2, 0.25) is 0 Å². The Morgan fingerprint density at radius 1 is 0.506 bits per heavy atom. The Hall–Kier alpha value is -7.60. The Morgan fingerprint density at radius 3 is 1.46 bits per heavy atom. The molecule has 2 aliphatic rings. The van der Waals surface area contributed by atoms with Crippen molar-refractivity contribution in [3.63, 3.8) is 0 Å². The maximum absolute atomic E-state index is 13.2. The van der Waals surface area contributed by atoms with E-state index >= 15 is 0 Å². The third-order valence-electron chi connectivity index (χ3n) is 15.9. The summed E-state index contributed by atoms with van der Waals surface area (Å²) in [5.41, 5.74) is 8.10. The molecule has 0 N–H and O–H groups in total. The molecular formula is C65H82N2O18S2. The summed E-state index contributed by atoms with van der Waals surface area (Å²) in [5.74, 6) is 5.12. The van der Waals surface area contributed by atoms with Gasteiger partial charge in [-0.25, -0.2) is 16.8 Å². The first-order chi connectivity index (χ1) is 41.6. The third kappa shape index (κ3) is 18.9. The van der Waals surface area contributed by atoms with E-state index in [0.29, 0.717) is 108 Å². The van der Waals surface area contributed by atoms with Gasteiger partial charge in [0.15, 0.2) is 46.0 Å². The summed E-state index contributed by atoms with van der Waals surface area (Å²) in [6.07, 6.45) is 5.83. The van der Waals surface area contributed by atoms with Crippen molar-refractivity contribution in [2.75, 3.05) is 110 Å². The lowest BCUT2D eigenvalue weighted by Crippen LogP contribution is -2.53. The van der Waals surface area contributed by atoms with Crippen molar-refractivity contribution in [1.29, 1.82) is 0 Å². The van der Waals surface area contributed by atoms with Crippen molar-refractivity contribution in [3.05, 3.63) is 154 Å². The highest BCUT2D eigenvalue weighted by Gasteiger charge is 2.41. The molecule has 2 heterocycles. The Bertz CT molecular complexity index is 3410. The summed E-state index contributed by atoms with van der Waals surface area (Å²) >= 11 is 0. The Kier molecular flexibility index (Phi) is 25.1. The fraction of sp³-hybridized carbons (Fsp3) is 0.415. The zero-order chi connectivity index (χ0) is 63.4. The summed E-state index contributed by atoms with van der Waals surface area (Å²) in [6.45, 7) is 4.43. The molecule has 20 nitrogen and oxygen atoms in total. The van der Waals surface area contributed by atoms with Crippen LogP contribution in [-0.4, -0.2) is 157 Å². The number of nitrogens with zero attached hydrogens (tertiary/aromatic N) is 2. The number of benzene rings is 6. The number of esters is 2. The van der Waals surface area contributed by atoms with Crippen LogP contribution in [0.3, 0.4) is 0 Å². The lowest BCUT2D eigenvalue weighted by atomic mass is 9.86. The molecule has 0 amide bonds. The van der Waals surface area contributed by atoms with E-state index in [1.165, 1.54) is 70.8 Å². The maximum Gasteiger partial charge on any atom is 0.311 e. The van der Waals surface area contributed by atoms with Gasteiger partial charge in [0.1, 0.15) is 32.8 Å². The summed E-state index contributed by atoms with van der Waals surface area (Å²) < 4.78 is 120. The van der Waals surface area contributed by atoms with Gasteiger partial charge in [-0.1, -0.05) is 48.5 Å². The number of ether oxygens (including phenoxy) is 10. The first-order valence-electron chi connectivity index (χ1n) is 28.5. The van der Waals surface area contributed by atoms with Gasteiger partial charge in [-0.2, -0.15) is 0 Å². The average molecular weight is 1240 g/mol. The second-order valence-electron chi connectivity index (χ2n) is 21.6. The van der Waals surface area contributed by atoms with Gasteiger partial charge in [0, 0.05) is 42.4 Å². The molecule has 0 saturated heterocycles. The lowest BCUT2D eigenvalue weighted by molar-refractivity contribution is -0.940. The molecule has 6 aromatic carbocycles. The van der Waals surface area contributed by atoms with E-state index in [-0.39, 0.29) is 27.8 Å². The highest BCUT2D eigenvalue weighted by molar-refractivity contribution is 7.86. The number of hydrogen-bond acceptors (Lipinski definition) is 18. The summed E-state index contributed by atoms with van der Waals surface area (Å²) in [7, 11) is 9.12. The quantitative estimate of drug-likeness (QED) is 0.0213. The van der Waals surface area contributed by atoms with E-state index in [2.05, 4.69) is 38.4 Å². The van der Waals surface area contributed by atoms with Gasteiger partial charge in [-0.15, -0.1) is 0 Å². The number of quaternary nitrogens is 2. The monoisotopic (exact) mass is 1240 g/mol. The minimum absolute atomic E-state index is 0.0427. The van der Waals surface area contributed by atoms with E-state index in [1.54, 1.807) is 69.0 Å². The van der Waals surface area contributed by atoms with E-state index < -0.39 is 20.2 Å². The van der Waals surface area contributed by atoms with Crippen LogP contribution in [0.15, 0.2) is 125 Å². The van der Waals surface area contributed by atoms with E-state index in [4.69, 9.17) is 47.4 Å². The smallest absolute Gasteiger partial charge is 0.311 e.